The molecule has 1 aliphatic carbocycles. The van der Waals surface area contributed by atoms with Gasteiger partial charge in [0.05, 0.1) is 12.6 Å². The van der Waals surface area contributed by atoms with Crippen molar-refractivity contribution in [3.05, 3.63) is 29.8 Å². The van der Waals surface area contributed by atoms with Gasteiger partial charge in [-0.3, -0.25) is 14.4 Å². The van der Waals surface area contributed by atoms with Crippen LogP contribution in [0.2, 0.25) is 0 Å². The van der Waals surface area contributed by atoms with E-state index in [1.54, 1.807) is 14.0 Å². The molecule has 0 aliphatic heterocycles. The van der Waals surface area contributed by atoms with Gasteiger partial charge in [-0.15, -0.1) is 0 Å². The number of aryl methyl sites for hydroxylation is 1. The Labute approximate surface area is 209 Å². The summed E-state index contributed by atoms with van der Waals surface area (Å²) < 4.78 is 6.03. The number of nitrogens with one attached hydrogen (secondary N) is 3. The number of nitrogens with zero attached hydrogens (tertiary/aromatic N) is 1. The molecule has 9 nitrogen and oxygen atoms in total. The molecule has 2 atom stereocenters. The van der Waals surface area contributed by atoms with Gasteiger partial charge in [-0.05, 0) is 50.2 Å². The molecule has 1 aromatic rings. The van der Waals surface area contributed by atoms with Crippen molar-refractivity contribution in [1.29, 1.82) is 0 Å². The van der Waals surface area contributed by atoms with Crippen LogP contribution in [0.5, 0.6) is 5.75 Å². The van der Waals surface area contributed by atoms with Gasteiger partial charge in [-0.2, -0.15) is 0 Å². The number of aliphatic hydroxyl groups is 1. The Morgan fingerprint density at radius 3 is 2.63 bits per heavy atom. The van der Waals surface area contributed by atoms with Crippen molar-refractivity contribution in [2.45, 2.75) is 64.0 Å². The van der Waals surface area contributed by atoms with E-state index >= 15 is 0 Å². The van der Waals surface area contributed by atoms with Gasteiger partial charge in [-0.25, -0.2) is 0 Å². The first-order valence-electron chi connectivity index (χ1n) is 12.8. The average molecular weight is 491 g/mol. The quantitative estimate of drug-likeness (QED) is 0.204. The summed E-state index contributed by atoms with van der Waals surface area (Å²) >= 11 is 0. The summed E-state index contributed by atoms with van der Waals surface area (Å²) in [4.78, 5) is 37.6. The third kappa shape index (κ3) is 9.14. The maximum absolute atomic E-state index is 13.4. The fourth-order valence-corrected chi connectivity index (χ4v) is 4.64. The maximum Gasteiger partial charge on any atom is 0.245 e. The zero-order chi connectivity index (χ0) is 25.5. The lowest BCUT2D eigenvalue weighted by atomic mass is 9.83. The van der Waals surface area contributed by atoms with Crippen molar-refractivity contribution < 1.29 is 24.2 Å². The fraction of sp³-hybridized carbons (Fsp3) is 0.654. The van der Waals surface area contributed by atoms with E-state index in [4.69, 9.17) is 4.74 Å². The van der Waals surface area contributed by atoms with E-state index in [9.17, 15) is 19.5 Å². The number of ether oxygens (including phenoxy) is 1. The summed E-state index contributed by atoms with van der Waals surface area (Å²) in [6, 6.07) is 6.49. The minimum atomic E-state index is -0.910. The highest BCUT2D eigenvalue weighted by atomic mass is 16.5. The van der Waals surface area contributed by atoms with E-state index < -0.39 is 18.7 Å². The summed E-state index contributed by atoms with van der Waals surface area (Å²) in [6.07, 6.45) is 7.58. The molecular formula is C26H42N4O5. The number of aliphatic hydroxyl groups excluding tert-OH is 1. The summed E-state index contributed by atoms with van der Waals surface area (Å²) in [6.45, 7) is 3.31. The van der Waals surface area contributed by atoms with Crippen molar-refractivity contribution in [3.63, 3.8) is 0 Å². The molecule has 1 fully saturated rings. The summed E-state index contributed by atoms with van der Waals surface area (Å²) in [5.74, 6) is 0.460. The SMILES string of the molecule is CCNC(=O)C(CO)N(C)C(=O)C(NCCOc1ccccc1CCCNC=O)C1CCCCC1. The predicted octanol–water partition coefficient (Wildman–Crippen LogP) is 1.24. The number of carbonyl (C=O) groups is 3. The number of rotatable bonds is 16. The van der Waals surface area contributed by atoms with Crippen molar-refractivity contribution in [2.24, 2.45) is 5.92 Å². The van der Waals surface area contributed by atoms with Crippen molar-refractivity contribution in [1.82, 2.24) is 20.9 Å². The molecule has 4 N–H and O–H groups in total. The van der Waals surface area contributed by atoms with Crippen LogP contribution in [0.15, 0.2) is 24.3 Å². The van der Waals surface area contributed by atoms with Gasteiger partial charge < -0.3 is 30.7 Å². The van der Waals surface area contributed by atoms with Crippen LogP contribution in [0.3, 0.4) is 0 Å². The first-order chi connectivity index (χ1) is 17.0. The van der Waals surface area contributed by atoms with Crippen molar-refractivity contribution >= 4 is 18.2 Å². The first kappa shape index (κ1) is 28.6. The van der Waals surface area contributed by atoms with E-state index in [0.29, 0.717) is 32.7 Å². The van der Waals surface area contributed by atoms with Gasteiger partial charge in [0, 0.05) is 26.7 Å². The molecule has 3 amide bonds. The predicted molar refractivity (Wildman–Crippen MR) is 135 cm³/mol. The molecule has 0 aromatic heterocycles. The van der Waals surface area contributed by atoms with E-state index in [1.807, 2.05) is 24.3 Å². The molecule has 1 aliphatic rings. The van der Waals surface area contributed by atoms with Crippen LogP contribution in [0, 0.1) is 5.92 Å². The molecular weight excluding hydrogens is 448 g/mol. The lowest BCUT2D eigenvalue weighted by Gasteiger charge is -2.35. The first-order valence-corrected chi connectivity index (χ1v) is 12.8. The maximum atomic E-state index is 13.4. The highest BCUT2D eigenvalue weighted by Crippen LogP contribution is 2.27. The summed E-state index contributed by atoms with van der Waals surface area (Å²) in [7, 11) is 1.59. The molecule has 1 saturated carbocycles. The highest BCUT2D eigenvalue weighted by Gasteiger charge is 2.35. The minimum Gasteiger partial charge on any atom is -0.492 e. The number of hydrogen-bond donors (Lipinski definition) is 4. The second-order valence-corrected chi connectivity index (χ2v) is 9.00. The highest BCUT2D eigenvalue weighted by molar-refractivity contribution is 5.90. The zero-order valence-corrected chi connectivity index (χ0v) is 21.1. The van der Waals surface area contributed by atoms with Gasteiger partial charge in [-0.1, -0.05) is 37.5 Å². The van der Waals surface area contributed by atoms with Gasteiger partial charge in [0.15, 0.2) is 0 Å². The van der Waals surface area contributed by atoms with Crippen LogP contribution in [0.25, 0.3) is 0 Å². The third-order valence-electron chi connectivity index (χ3n) is 6.58. The lowest BCUT2D eigenvalue weighted by Crippen LogP contribution is -2.57. The molecule has 0 spiro atoms. The normalized spacial score (nSPS) is 15.6. The largest absolute Gasteiger partial charge is 0.492 e. The van der Waals surface area contributed by atoms with E-state index in [-0.39, 0.29) is 17.7 Å². The second kappa shape index (κ2) is 16.1. The smallest absolute Gasteiger partial charge is 0.245 e. The summed E-state index contributed by atoms with van der Waals surface area (Å²) in [5.41, 5.74) is 1.08. The number of carbonyl (C=O) groups excluding carboxylic acids is 3. The number of amides is 3. The summed E-state index contributed by atoms with van der Waals surface area (Å²) in [5, 5.41) is 18.5. The van der Waals surface area contributed by atoms with Crippen LogP contribution in [-0.2, 0) is 20.8 Å². The molecule has 0 bridgehead atoms. The average Bonchev–Trinajstić information content (AvgIpc) is 2.88. The van der Waals surface area contributed by atoms with E-state index in [2.05, 4.69) is 16.0 Å². The molecule has 2 rings (SSSR count). The number of likely N-dealkylation sites (N-methyl/N-ethyl adjacent to an activating group) is 2. The Kier molecular flexibility index (Phi) is 13.2. The fourth-order valence-electron chi connectivity index (χ4n) is 4.64. The van der Waals surface area contributed by atoms with Crippen LogP contribution in [0.4, 0.5) is 0 Å². The second-order valence-electron chi connectivity index (χ2n) is 9.00. The molecule has 9 heteroatoms. The Balaban J connectivity index is 1.98. The van der Waals surface area contributed by atoms with Crippen LogP contribution in [0.1, 0.15) is 51.0 Å². The third-order valence-corrected chi connectivity index (χ3v) is 6.58. The van der Waals surface area contributed by atoms with Gasteiger partial charge in [0.1, 0.15) is 18.4 Å². The molecule has 0 saturated heterocycles. The monoisotopic (exact) mass is 490 g/mol. The Bertz CT molecular complexity index is 785. The van der Waals surface area contributed by atoms with Gasteiger partial charge >= 0.3 is 0 Å². The Hall–Kier alpha value is -2.65. The lowest BCUT2D eigenvalue weighted by molar-refractivity contribution is -0.143. The molecule has 2 unspecified atom stereocenters. The zero-order valence-electron chi connectivity index (χ0n) is 21.1. The van der Waals surface area contributed by atoms with E-state index in [1.165, 1.54) is 11.3 Å². The molecule has 1 aromatic carbocycles. The van der Waals surface area contributed by atoms with Crippen LogP contribution in [-0.4, -0.2) is 80.2 Å². The van der Waals surface area contributed by atoms with Crippen LogP contribution < -0.4 is 20.7 Å². The van der Waals surface area contributed by atoms with Gasteiger partial charge in [0.25, 0.3) is 0 Å². The Morgan fingerprint density at radius 1 is 1.20 bits per heavy atom. The van der Waals surface area contributed by atoms with Crippen molar-refractivity contribution in [3.8, 4) is 5.75 Å². The molecule has 35 heavy (non-hydrogen) atoms. The topological polar surface area (TPSA) is 120 Å². The minimum absolute atomic E-state index is 0.176. The molecule has 0 radical (unpaired) electrons. The van der Waals surface area contributed by atoms with Crippen molar-refractivity contribution in [2.75, 3.05) is 39.9 Å². The number of hydrogen-bond acceptors (Lipinski definition) is 6. The molecule has 196 valence electrons. The standard InChI is InChI=1S/C26H42N4O5/c1-3-28-25(33)22(18-31)30(2)26(34)24(21-11-5-4-6-12-21)29-16-17-35-23-14-8-7-10-20(23)13-9-15-27-19-32/h7-8,10,14,19,21-22,24,29,31H,3-6,9,11-13,15-18H2,1-2H3,(H,27,32)(H,28,33). The van der Waals surface area contributed by atoms with Crippen LogP contribution >= 0.6 is 0 Å². The van der Waals surface area contributed by atoms with E-state index in [0.717, 1.165) is 49.8 Å². The Morgan fingerprint density at radius 2 is 1.94 bits per heavy atom. The van der Waals surface area contributed by atoms with Gasteiger partial charge in [0.2, 0.25) is 18.2 Å². The number of benzene rings is 1. The molecule has 0 heterocycles. The number of para-hydroxylation sites is 1.